The summed E-state index contributed by atoms with van der Waals surface area (Å²) >= 11 is 12.2. The monoisotopic (exact) mass is 438 g/mol. The molecule has 154 valence electrons. The number of rotatable bonds is 4. The zero-order chi connectivity index (χ0) is 20.5. The Morgan fingerprint density at radius 1 is 1.24 bits per heavy atom. The number of carbonyl (C=O) groups excluding carboxylic acids is 1. The van der Waals surface area contributed by atoms with Crippen LogP contribution in [0.5, 0.6) is 5.75 Å². The van der Waals surface area contributed by atoms with E-state index in [1.54, 1.807) is 18.2 Å². The van der Waals surface area contributed by atoms with E-state index >= 15 is 0 Å². The molecule has 0 unspecified atom stereocenters. The number of ether oxygens (including phenoxy) is 1. The fourth-order valence-electron chi connectivity index (χ4n) is 3.89. The Hall–Kier alpha value is -2.02. The van der Waals surface area contributed by atoms with Gasteiger partial charge in [0.05, 0.1) is 29.1 Å². The Labute approximate surface area is 178 Å². The average molecular weight is 439 g/mol. The molecule has 0 bridgehead atoms. The SMILES string of the molecule is O=C1CCc2c(OC[C@H]3CCN(c4ccc(Cl)cc4Cl)C[C@@H]3O)ccc(F)c2N1. The van der Waals surface area contributed by atoms with Crippen LogP contribution in [0.3, 0.4) is 0 Å². The number of hydrogen-bond acceptors (Lipinski definition) is 4. The van der Waals surface area contributed by atoms with E-state index in [-0.39, 0.29) is 17.5 Å². The summed E-state index contributed by atoms with van der Waals surface area (Å²) in [4.78, 5) is 13.6. The zero-order valence-electron chi connectivity index (χ0n) is 15.6. The minimum absolute atomic E-state index is 0.0591. The van der Waals surface area contributed by atoms with Gasteiger partial charge >= 0.3 is 0 Å². The van der Waals surface area contributed by atoms with E-state index in [0.717, 1.165) is 18.7 Å². The smallest absolute Gasteiger partial charge is 0.224 e. The number of aliphatic hydroxyl groups is 1. The van der Waals surface area contributed by atoms with Crippen molar-refractivity contribution in [2.75, 3.05) is 29.9 Å². The van der Waals surface area contributed by atoms with Gasteiger partial charge in [-0.3, -0.25) is 4.79 Å². The highest BCUT2D eigenvalue weighted by Crippen LogP contribution is 2.35. The summed E-state index contributed by atoms with van der Waals surface area (Å²) < 4.78 is 20.0. The van der Waals surface area contributed by atoms with Gasteiger partial charge in [-0.05, 0) is 43.2 Å². The molecule has 2 aromatic rings. The van der Waals surface area contributed by atoms with Crippen LogP contribution in [-0.4, -0.2) is 36.8 Å². The number of aliphatic hydroxyl groups excluding tert-OH is 1. The second-order valence-electron chi connectivity index (χ2n) is 7.42. The van der Waals surface area contributed by atoms with Crippen LogP contribution in [0.4, 0.5) is 15.8 Å². The predicted octanol–water partition coefficient (Wildman–Crippen LogP) is 4.28. The van der Waals surface area contributed by atoms with Crippen LogP contribution >= 0.6 is 23.2 Å². The molecular formula is C21H21Cl2FN2O3. The van der Waals surface area contributed by atoms with E-state index in [9.17, 15) is 14.3 Å². The Balaban J connectivity index is 1.41. The first-order valence-electron chi connectivity index (χ1n) is 9.54. The molecule has 0 spiro atoms. The number of benzene rings is 2. The normalized spacial score (nSPS) is 21.5. The van der Waals surface area contributed by atoms with Gasteiger partial charge in [-0.2, -0.15) is 0 Å². The number of fused-ring (bicyclic) bond motifs is 1. The highest BCUT2D eigenvalue weighted by atomic mass is 35.5. The number of nitrogens with one attached hydrogen (secondary N) is 1. The number of β-amino-alcohol motifs (C(OH)–C–C–N with tert-alkyl or cyclic N) is 1. The summed E-state index contributed by atoms with van der Waals surface area (Å²) in [6.07, 6.45) is 0.867. The summed E-state index contributed by atoms with van der Waals surface area (Å²) in [5.74, 6) is -0.168. The Morgan fingerprint density at radius 2 is 2.07 bits per heavy atom. The lowest BCUT2D eigenvalue weighted by molar-refractivity contribution is -0.116. The highest BCUT2D eigenvalue weighted by Gasteiger charge is 2.30. The van der Waals surface area contributed by atoms with Crippen LogP contribution in [0.25, 0.3) is 0 Å². The lowest BCUT2D eigenvalue weighted by atomic mass is 9.94. The lowest BCUT2D eigenvalue weighted by Crippen LogP contribution is -2.46. The van der Waals surface area contributed by atoms with Gasteiger partial charge in [0.1, 0.15) is 11.6 Å². The molecule has 0 aliphatic carbocycles. The predicted molar refractivity (Wildman–Crippen MR) is 112 cm³/mol. The molecule has 0 radical (unpaired) electrons. The van der Waals surface area contributed by atoms with Crippen molar-refractivity contribution in [3.05, 3.63) is 51.8 Å². The Bertz CT molecular complexity index is 940. The summed E-state index contributed by atoms with van der Waals surface area (Å²) in [6.45, 7) is 1.48. The van der Waals surface area contributed by atoms with E-state index in [2.05, 4.69) is 5.32 Å². The number of piperidine rings is 1. The third-order valence-corrected chi connectivity index (χ3v) is 6.05. The van der Waals surface area contributed by atoms with Crippen molar-refractivity contribution in [1.82, 2.24) is 0 Å². The summed E-state index contributed by atoms with van der Waals surface area (Å²) in [5.41, 5.74) is 1.72. The van der Waals surface area contributed by atoms with Crippen LogP contribution in [0.2, 0.25) is 10.0 Å². The molecular weight excluding hydrogens is 418 g/mol. The molecule has 29 heavy (non-hydrogen) atoms. The average Bonchev–Trinajstić information content (AvgIpc) is 2.68. The fraction of sp³-hybridized carbons (Fsp3) is 0.381. The molecule has 0 saturated carbocycles. The van der Waals surface area contributed by atoms with Gasteiger partial charge < -0.3 is 20.1 Å². The molecule has 2 heterocycles. The number of hydrogen-bond donors (Lipinski definition) is 2. The van der Waals surface area contributed by atoms with Gasteiger partial charge in [0.25, 0.3) is 0 Å². The van der Waals surface area contributed by atoms with Gasteiger partial charge in [0.15, 0.2) is 0 Å². The highest BCUT2D eigenvalue weighted by molar-refractivity contribution is 6.36. The van der Waals surface area contributed by atoms with Crippen molar-refractivity contribution >= 4 is 40.5 Å². The largest absolute Gasteiger partial charge is 0.493 e. The maximum absolute atomic E-state index is 14.0. The molecule has 0 aromatic heterocycles. The third-order valence-electron chi connectivity index (χ3n) is 5.51. The minimum atomic E-state index is -0.591. The Kier molecular flexibility index (Phi) is 5.86. The quantitative estimate of drug-likeness (QED) is 0.747. The summed E-state index contributed by atoms with van der Waals surface area (Å²) in [6, 6.07) is 8.20. The molecule has 8 heteroatoms. The first-order valence-corrected chi connectivity index (χ1v) is 10.3. The van der Waals surface area contributed by atoms with Crippen LogP contribution in [-0.2, 0) is 11.2 Å². The van der Waals surface area contributed by atoms with E-state index in [4.69, 9.17) is 27.9 Å². The van der Waals surface area contributed by atoms with Crippen LogP contribution < -0.4 is 15.0 Å². The van der Waals surface area contributed by atoms with Crippen LogP contribution in [0, 0.1) is 11.7 Å². The van der Waals surface area contributed by atoms with E-state index in [0.29, 0.717) is 47.4 Å². The second-order valence-corrected chi connectivity index (χ2v) is 8.26. The molecule has 1 saturated heterocycles. The van der Waals surface area contributed by atoms with Gasteiger partial charge in [0.2, 0.25) is 5.91 Å². The zero-order valence-corrected chi connectivity index (χ0v) is 17.1. The molecule has 4 rings (SSSR count). The molecule has 2 aliphatic rings. The summed E-state index contributed by atoms with van der Waals surface area (Å²) in [5, 5.41) is 14.3. The van der Waals surface area contributed by atoms with Crippen molar-refractivity contribution in [1.29, 1.82) is 0 Å². The number of amides is 1. The van der Waals surface area contributed by atoms with E-state index in [1.807, 2.05) is 11.0 Å². The van der Waals surface area contributed by atoms with E-state index in [1.165, 1.54) is 6.07 Å². The number of halogens is 3. The summed E-state index contributed by atoms with van der Waals surface area (Å²) in [7, 11) is 0. The first kappa shape index (κ1) is 20.3. The molecule has 1 amide bonds. The van der Waals surface area contributed by atoms with Crippen molar-refractivity contribution < 1.29 is 19.0 Å². The third kappa shape index (κ3) is 4.29. The molecule has 5 nitrogen and oxygen atoms in total. The Morgan fingerprint density at radius 3 is 2.83 bits per heavy atom. The van der Waals surface area contributed by atoms with Gasteiger partial charge in [0, 0.05) is 36.0 Å². The molecule has 2 aliphatic heterocycles. The first-order chi connectivity index (χ1) is 13.9. The number of carbonyl (C=O) groups is 1. The number of anilines is 2. The van der Waals surface area contributed by atoms with Crippen molar-refractivity contribution in [3.8, 4) is 5.75 Å². The molecule has 2 aromatic carbocycles. The molecule has 2 N–H and O–H groups in total. The van der Waals surface area contributed by atoms with Crippen molar-refractivity contribution in [3.63, 3.8) is 0 Å². The van der Waals surface area contributed by atoms with Crippen LogP contribution in [0.1, 0.15) is 18.4 Å². The topological polar surface area (TPSA) is 61.8 Å². The molecule has 1 fully saturated rings. The van der Waals surface area contributed by atoms with Crippen molar-refractivity contribution in [2.45, 2.75) is 25.4 Å². The van der Waals surface area contributed by atoms with E-state index < -0.39 is 11.9 Å². The minimum Gasteiger partial charge on any atom is -0.493 e. The standard InChI is InChI=1S/C21H21Cl2FN2O3/c22-13-1-4-17(15(23)9-13)26-8-7-12(18(27)10-26)11-29-19-5-3-16(24)21-14(19)2-6-20(28)25-21/h1,3-5,9,12,18,27H,2,6-8,10-11H2,(H,25,28)/t12-,18+/m1/s1. The van der Waals surface area contributed by atoms with Crippen LogP contribution in [0.15, 0.2) is 30.3 Å². The second kappa shape index (κ2) is 8.38. The van der Waals surface area contributed by atoms with Gasteiger partial charge in [-0.1, -0.05) is 23.2 Å². The van der Waals surface area contributed by atoms with Crippen molar-refractivity contribution in [2.24, 2.45) is 5.92 Å². The lowest BCUT2D eigenvalue weighted by Gasteiger charge is -2.37. The molecule has 2 atom stereocenters. The number of nitrogens with zero attached hydrogens (tertiary/aromatic N) is 1. The maximum Gasteiger partial charge on any atom is 0.224 e. The fourth-order valence-corrected chi connectivity index (χ4v) is 4.42. The van der Waals surface area contributed by atoms with Gasteiger partial charge in [-0.25, -0.2) is 4.39 Å². The van der Waals surface area contributed by atoms with Gasteiger partial charge in [-0.15, -0.1) is 0 Å². The maximum atomic E-state index is 14.0.